The van der Waals surface area contributed by atoms with Crippen LogP contribution in [0.3, 0.4) is 0 Å². The highest BCUT2D eigenvalue weighted by atomic mass is 32.2. The number of halogens is 2. The summed E-state index contributed by atoms with van der Waals surface area (Å²) < 4.78 is 61.0. The average molecular weight is 577 g/mol. The number of nitrogens with two attached hydrogens (primary N) is 1. The van der Waals surface area contributed by atoms with Gasteiger partial charge in [-0.05, 0) is 44.4 Å². The van der Waals surface area contributed by atoms with Crippen LogP contribution in [0.4, 0.5) is 14.6 Å². The van der Waals surface area contributed by atoms with Crippen LogP contribution in [0.25, 0.3) is 0 Å². The SMILES string of the molecule is CN(C)CCOc1ccc(C(=O)Nc2n[nH]c3c2CN(S(=O)(=O)c2cc(F)cc(F)c2)CC3(C)C)c(C(N)=O)c1. The number of hydrogen-bond acceptors (Lipinski definition) is 7. The van der Waals surface area contributed by atoms with Gasteiger partial charge in [0.2, 0.25) is 15.9 Å². The Labute approximate surface area is 230 Å². The molecule has 0 bridgehead atoms. The van der Waals surface area contributed by atoms with E-state index >= 15 is 0 Å². The fourth-order valence-corrected chi connectivity index (χ4v) is 6.08. The molecule has 0 atom stereocenters. The molecule has 0 radical (unpaired) electrons. The number of sulfonamides is 1. The van der Waals surface area contributed by atoms with Crippen LogP contribution in [0.15, 0.2) is 41.3 Å². The minimum atomic E-state index is -4.31. The third kappa shape index (κ3) is 5.98. The smallest absolute Gasteiger partial charge is 0.257 e. The predicted molar refractivity (Wildman–Crippen MR) is 143 cm³/mol. The van der Waals surface area contributed by atoms with Gasteiger partial charge in [-0.25, -0.2) is 17.2 Å². The minimum Gasteiger partial charge on any atom is -0.492 e. The first-order valence-electron chi connectivity index (χ1n) is 12.3. The molecule has 4 N–H and O–H groups in total. The zero-order valence-electron chi connectivity index (χ0n) is 22.4. The number of carbonyl (C=O) groups excluding carboxylic acids is 2. The summed E-state index contributed by atoms with van der Waals surface area (Å²) in [6.45, 7) is 4.28. The Morgan fingerprint density at radius 3 is 2.45 bits per heavy atom. The number of anilines is 1. The lowest BCUT2D eigenvalue weighted by molar-refractivity contribution is 0.0976. The van der Waals surface area contributed by atoms with Gasteiger partial charge in [-0.3, -0.25) is 14.7 Å². The lowest BCUT2D eigenvalue weighted by Gasteiger charge is -2.36. The Bertz CT molecular complexity index is 1550. The maximum absolute atomic E-state index is 13.8. The second kappa shape index (κ2) is 10.9. The number of H-pyrrole nitrogens is 1. The molecule has 0 saturated heterocycles. The molecular weight excluding hydrogens is 546 g/mol. The highest BCUT2D eigenvalue weighted by Crippen LogP contribution is 2.38. The molecule has 2 heterocycles. The number of benzene rings is 2. The summed E-state index contributed by atoms with van der Waals surface area (Å²) in [6, 6.07) is 6.40. The number of likely N-dealkylation sites (N-methyl/N-ethyl adjacent to an activating group) is 1. The van der Waals surface area contributed by atoms with E-state index in [1.807, 2.05) is 19.0 Å². The number of rotatable bonds is 9. The van der Waals surface area contributed by atoms with E-state index in [-0.39, 0.29) is 30.0 Å². The molecule has 1 aliphatic heterocycles. The number of nitrogens with zero attached hydrogens (tertiary/aromatic N) is 3. The number of fused-ring (bicyclic) bond motifs is 1. The van der Waals surface area contributed by atoms with Gasteiger partial charge in [0.1, 0.15) is 24.0 Å². The van der Waals surface area contributed by atoms with Crippen molar-refractivity contribution in [3.8, 4) is 5.75 Å². The molecule has 11 nitrogen and oxygen atoms in total. The second-order valence-corrected chi connectivity index (χ2v) is 12.3. The monoisotopic (exact) mass is 576 g/mol. The molecule has 1 aromatic heterocycles. The van der Waals surface area contributed by atoms with E-state index in [1.54, 1.807) is 13.8 Å². The van der Waals surface area contributed by atoms with Crippen LogP contribution in [0.1, 0.15) is 45.8 Å². The van der Waals surface area contributed by atoms with Gasteiger partial charge in [-0.1, -0.05) is 13.8 Å². The maximum Gasteiger partial charge on any atom is 0.257 e. The number of ether oxygens (including phenoxy) is 1. The van der Waals surface area contributed by atoms with Gasteiger partial charge in [-0.15, -0.1) is 0 Å². The Morgan fingerprint density at radius 2 is 1.82 bits per heavy atom. The number of carbonyl (C=O) groups is 2. The van der Waals surface area contributed by atoms with Crippen molar-refractivity contribution in [2.24, 2.45) is 5.73 Å². The first-order valence-corrected chi connectivity index (χ1v) is 13.7. The number of primary amides is 1. The zero-order chi connectivity index (χ0) is 29.4. The van der Waals surface area contributed by atoms with E-state index in [0.29, 0.717) is 36.2 Å². The van der Waals surface area contributed by atoms with Gasteiger partial charge in [0.15, 0.2) is 5.82 Å². The van der Waals surface area contributed by atoms with Crippen LogP contribution in [0, 0.1) is 11.6 Å². The molecule has 0 saturated carbocycles. The molecule has 2 aromatic carbocycles. The van der Waals surface area contributed by atoms with E-state index < -0.39 is 43.8 Å². The summed E-state index contributed by atoms with van der Waals surface area (Å²) in [5.74, 6) is -3.18. The van der Waals surface area contributed by atoms with E-state index in [9.17, 15) is 26.8 Å². The standard InChI is InChI=1S/C26H30F2N6O5S/c1-26(2)14-34(40(37,38)18-10-15(27)9-16(28)11-18)13-21-22(26)31-32-24(21)30-25(36)19-6-5-17(12-20(19)23(29)35)39-8-7-33(3)4/h5-6,9-12H,7-8,13-14H2,1-4H3,(H2,29,35)(H2,30,31,32,36). The average Bonchev–Trinajstić information content (AvgIpc) is 3.26. The molecule has 0 unspecified atom stereocenters. The molecule has 1 aliphatic rings. The fourth-order valence-electron chi connectivity index (χ4n) is 4.47. The number of hydrogen-bond donors (Lipinski definition) is 3. The molecule has 3 aromatic rings. The second-order valence-electron chi connectivity index (χ2n) is 10.4. The Hall–Kier alpha value is -3.88. The van der Waals surface area contributed by atoms with Crippen molar-refractivity contribution < 1.29 is 31.5 Å². The normalized spacial score (nSPS) is 15.1. The van der Waals surface area contributed by atoms with E-state index in [4.69, 9.17) is 10.5 Å². The van der Waals surface area contributed by atoms with Crippen molar-refractivity contribution in [3.63, 3.8) is 0 Å². The molecule has 14 heteroatoms. The molecule has 0 aliphatic carbocycles. The van der Waals surface area contributed by atoms with Crippen molar-refractivity contribution in [2.75, 3.05) is 39.1 Å². The van der Waals surface area contributed by atoms with E-state index in [0.717, 1.165) is 16.4 Å². The molecule has 214 valence electrons. The van der Waals surface area contributed by atoms with E-state index in [2.05, 4.69) is 15.5 Å². The molecular formula is C26H30F2N6O5S. The number of amides is 2. The van der Waals surface area contributed by atoms with Crippen molar-refractivity contribution >= 4 is 27.7 Å². The molecule has 40 heavy (non-hydrogen) atoms. The molecule has 0 spiro atoms. The van der Waals surface area contributed by atoms with Crippen LogP contribution < -0.4 is 15.8 Å². The molecule has 4 rings (SSSR count). The van der Waals surface area contributed by atoms with Crippen molar-refractivity contribution in [3.05, 3.63) is 70.4 Å². The number of aromatic amines is 1. The van der Waals surface area contributed by atoms with Crippen LogP contribution in [0.2, 0.25) is 0 Å². The Kier molecular flexibility index (Phi) is 7.97. The van der Waals surface area contributed by atoms with Crippen LogP contribution in [-0.2, 0) is 22.0 Å². The topological polar surface area (TPSA) is 151 Å². The van der Waals surface area contributed by atoms with Crippen LogP contribution in [0.5, 0.6) is 5.75 Å². The highest BCUT2D eigenvalue weighted by Gasteiger charge is 2.41. The fraction of sp³-hybridized carbons (Fsp3) is 0.346. The van der Waals surface area contributed by atoms with Crippen molar-refractivity contribution in [1.82, 2.24) is 19.4 Å². The summed E-state index contributed by atoms with van der Waals surface area (Å²) in [5, 5.41) is 9.67. The first kappa shape index (κ1) is 29.1. The van der Waals surface area contributed by atoms with Gasteiger partial charge in [-0.2, -0.15) is 9.40 Å². The third-order valence-corrected chi connectivity index (χ3v) is 8.23. The Morgan fingerprint density at radius 1 is 1.15 bits per heavy atom. The Balaban J connectivity index is 1.62. The largest absolute Gasteiger partial charge is 0.492 e. The zero-order valence-corrected chi connectivity index (χ0v) is 23.2. The maximum atomic E-state index is 13.8. The number of nitrogens with one attached hydrogen (secondary N) is 2. The quantitative estimate of drug-likeness (QED) is 0.354. The first-order chi connectivity index (χ1) is 18.7. The predicted octanol–water partition coefficient (Wildman–Crippen LogP) is 2.46. The van der Waals surface area contributed by atoms with Gasteiger partial charge >= 0.3 is 0 Å². The third-order valence-electron chi connectivity index (χ3n) is 6.46. The summed E-state index contributed by atoms with van der Waals surface area (Å²) in [5.41, 5.74) is 5.59. The van der Waals surface area contributed by atoms with Crippen LogP contribution >= 0.6 is 0 Å². The van der Waals surface area contributed by atoms with Crippen molar-refractivity contribution in [2.45, 2.75) is 30.7 Å². The van der Waals surface area contributed by atoms with Gasteiger partial charge in [0.05, 0.1) is 16.0 Å². The molecule has 0 fully saturated rings. The van der Waals surface area contributed by atoms with Gasteiger partial charge in [0.25, 0.3) is 5.91 Å². The van der Waals surface area contributed by atoms with E-state index in [1.165, 1.54) is 18.2 Å². The van der Waals surface area contributed by atoms with Crippen LogP contribution in [-0.4, -0.2) is 73.4 Å². The van der Waals surface area contributed by atoms with Gasteiger partial charge < -0.3 is 20.7 Å². The lowest BCUT2D eigenvalue weighted by atomic mass is 9.84. The lowest BCUT2D eigenvalue weighted by Crippen LogP contribution is -2.45. The van der Waals surface area contributed by atoms with Crippen molar-refractivity contribution in [1.29, 1.82) is 0 Å². The summed E-state index contributed by atoms with van der Waals surface area (Å²) in [4.78, 5) is 26.8. The minimum absolute atomic E-state index is 0.0167. The summed E-state index contributed by atoms with van der Waals surface area (Å²) >= 11 is 0. The highest BCUT2D eigenvalue weighted by molar-refractivity contribution is 7.89. The molecule has 2 amide bonds. The number of aromatic nitrogens is 2. The van der Waals surface area contributed by atoms with Gasteiger partial charge in [0, 0.05) is 42.4 Å². The summed E-state index contributed by atoms with van der Waals surface area (Å²) in [7, 11) is -0.540. The summed E-state index contributed by atoms with van der Waals surface area (Å²) in [6.07, 6.45) is 0.